The summed E-state index contributed by atoms with van der Waals surface area (Å²) >= 11 is 0. The van der Waals surface area contributed by atoms with Crippen molar-refractivity contribution in [1.29, 1.82) is 0 Å². The minimum absolute atomic E-state index is 0.743. The SMILES string of the molecule is CCCCC/C=C/CCCCCCCCCN(CCN)CCN. The minimum atomic E-state index is 0.743. The zero-order valence-corrected chi connectivity index (χ0v) is 15.8. The normalized spacial score (nSPS) is 11.8. The first-order valence-electron chi connectivity index (χ1n) is 10.1. The van der Waals surface area contributed by atoms with Crippen LogP contribution < -0.4 is 11.5 Å². The molecule has 0 spiro atoms. The highest BCUT2D eigenvalue weighted by Gasteiger charge is 2.01. The molecular weight excluding hydrogens is 282 g/mol. The number of unbranched alkanes of at least 4 members (excludes halogenated alkanes) is 10. The van der Waals surface area contributed by atoms with Gasteiger partial charge < -0.3 is 16.4 Å². The summed E-state index contributed by atoms with van der Waals surface area (Å²) in [6.45, 7) is 6.89. The maximum atomic E-state index is 5.62. The van der Waals surface area contributed by atoms with Crippen LogP contribution in [-0.4, -0.2) is 37.6 Å². The summed E-state index contributed by atoms with van der Waals surface area (Å²) in [5, 5.41) is 0. The summed E-state index contributed by atoms with van der Waals surface area (Å²) < 4.78 is 0. The van der Waals surface area contributed by atoms with Gasteiger partial charge in [-0.3, -0.25) is 0 Å². The van der Waals surface area contributed by atoms with Crippen LogP contribution in [0.4, 0.5) is 0 Å². The lowest BCUT2D eigenvalue weighted by Crippen LogP contribution is -2.34. The molecule has 0 rings (SSSR count). The van der Waals surface area contributed by atoms with E-state index in [0.717, 1.165) is 32.7 Å². The average Bonchev–Trinajstić information content (AvgIpc) is 2.55. The molecule has 0 amide bonds. The topological polar surface area (TPSA) is 55.3 Å². The molecule has 0 unspecified atom stereocenters. The average molecular weight is 326 g/mol. The Morgan fingerprint density at radius 3 is 1.61 bits per heavy atom. The maximum Gasteiger partial charge on any atom is 0.0105 e. The maximum absolute atomic E-state index is 5.62. The smallest absolute Gasteiger partial charge is 0.0105 e. The Bertz CT molecular complexity index is 235. The van der Waals surface area contributed by atoms with Gasteiger partial charge in [-0.1, -0.05) is 64.0 Å². The highest BCUT2D eigenvalue weighted by atomic mass is 15.1. The van der Waals surface area contributed by atoms with E-state index in [1.165, 1.54) is 77.0 Å². The van der Waals surface area contributed by atoms with Gasteiger partial charge in [0.2, 0.25) is 0 Å². The van der Waals surface area contributed by atoms with E-state index in [-0.39, 0.29) is 0 Å². The first kappa shape index (κ1) is 22.6. The second-order valence-corrected chi connectivity index (χ2v) is 6.65. The van der Waals surface area contributed by atoms with Gasteiger partial charge in [-0.2, -0.15) is 0 Å². The van der Waals surface area contributed by atoms with Crippen LogP contribution in [0.25, 0.3) is 0 Å². The van der Waals surface area contributed by atoms with Gasteiger partial charge in [-0.15, -0.1) is 0 Å². The van der Waals surface area contributed by atoms with Gasteiger partial charge in [0.25, 0.3) is 0 Å². The number of hydrogen-bond acceptors (Lipinski definition) is 3. The number of nitrogens with two attached hydrogens (primary N) is 2. The van der Waals surface area contributed by atoms with Gasteiger partial charge in [0.05, 0.1) is 0 Å². The van der Waals surface area contributed by atoms with Gasteiger partial charge in [-0.05, 0) is 38.6 Å². The predicted octanol–water partition coefficient (Wildman–Crippen LogP) is 4.46. The second kappa shape index (κ2) is 19.7. The number of rotatable bonds is 18. The highest BCUT2D eigenvalue weighted by Crippen LogP contribution is 2.10. The molecule has 0 radical (unpaired) electrons. The summed E-state index contributed by atoms with van der Waals surface area (Å²) in [7, 11) is 0. The van der Waals surface area contributed by atoms with Crippen molar-refractivity contribution in [3.8, 4) is 0 Å². The van der Waals surface area contributed by atoms with Gasteiger partial charge in [0.1, 0.15) is 0 Å². The van der Waals surface area contributed by atoms with Gasteiger partial charge in [0.15, 0.2) is 0 Å². The van der Waals surface area contributed by atoms with E-state index in [1.807, 2.05) is 0 Å². The molecule has 0 bridgehead atoms. The molecule has 0 aliphatic rings. The van der Waals surface area contributed by atoms with E-state index in [4.69, 9.17) is 11.5 Å². The zero-order chi connectivity index (χ0) is 17.0. The third-order valence-corrected chi connectivity index (χ3v) is 4.38. The van der Waals surface area contributed by atoms with Crippen molar-refractivity contribution in [3.05, 3.63) is 12.2 Å². The van der Waals surface area contributed by atoms with Gasteiger partial charge >= 0.3 is 0 Å². The summed E-state index contributed by atoms with van der Waals surface area (Å²) in [5.41, 5.74) is 11.2. The van der Waals surface area contributed by atoms with Crippen LogP contribution in [0.1, 0.15) is 84.0 Å². The quantitative estimate of drug-likeness (QED) is 0.289. The molecule has 3 heteroatoms. The molecule has 0 aliphatic heterocycles. The fourth-order valence-electron chi connectivity index (χ4n) is 2.93. The molecule has 0 fully saturated rings. The van der Waals surface area contributed by atoms with E-state index >= 15 is 0 Å². The largest absolute Gasteiger partial charge is 0.329 e. The predicted molar refractivity (Wildman–Crippen MR) is 105 cm³/mol. The van der Waals surface area contributed by atoms with E-state index in [2.05, 4.69) is 24.0 Å². The highest BCUT2D eigenvalue weighted by molar-refractivity contribution is 4.81. The second-order valence-electron chi connectivity index (χ2n) is 6.65. The third-order valence-electron chi connectivity index (χ3n) is 4.38. The van der Waals surface area contributed by atoms with Crippen LogP contribution in [0.2, 0.25) is 0 Å². The summed E-state index contributed by atoms with van der Waals surface area (Å²) in [6, 6.07) is 0. The van der Waals surface area contributed by atoms with Crippen LogP contribution in [0.3, 0.4) is 0 Å². The van der Waals surface area contributed by atoms with E-state index in [0.29, 0.717) is 0 Å². The molecule has 0 saturated heterocycles. The number of nitrogens with zero attached hydrogens (tertiary/aromatic N) is 1. The molecule has 4 N–H and O–H groups in total. The first-order chi connectivity index (χ1) is 11.3. The molecule has 0 aromatic carbocycles. The Morgan fingerprint density at radius 2 is 1.09 bits per heavy atom. The summed E-state index contributed by atoms with van der Waals surface area (Å²) in [4.78, 5) is 2.40. The van der Waals surface area contributed by atoms with Crippen LogP contribution in [0.15, 0.2) is 12.2 Å². The van der Waals surface area contributed by atoms with Crippen molar-refractivity contribution in [3.63, 3.8) is 0 Å². The fourth-order valence-corrected chi connectivity index (χ4v) is 2.93. The van der Waals surface area contributed by atoms with Crippen molar-refractivity contribution in [2.75, 3.05) is 32.7 Å². The van der Waals surface area contributed by atoms with Crippen LogP contribution >= 0.6 is 0 Å². The first-order valence-corrected chi connectivity index (χ1v) is 10.1. The molecule has 0 aromatic rings. The lowest BCUT2D eigenvalue weighted by Gasteiger charge is -2.20. The lowest BCUT2D eigenvalue weighted by atomic mass is 10.1. The van der Waals surface area contributed by atoms with Gasteiger partial charge in [0, 0.05) is 26.2 Å². The Kier molecular flexibility index (Phi) is 19.3. The van der Waals surface area contributed by atoms with Crippen LogP contribution in [0, 0.1) is 0 Å². The monoisotopic (exact) mass is 325 g/mol. The molecule has 0 atom stereocenters. The van der Waals surface area contributed by atoms with E-state index in [1.54, 1.807) is 0 Å². The van der Waals surface area contributed by atoms with Crippen molar-refractivity contribution >= 4 is 0 Å². The molecule has 0 aliphatic carbocycles. The number of allylic oxidation sites excluding steroid dienone is 2. The lowest BCUT2D eigenvalue weighted by molar-refractivity contribution is 0.281. The summed E-state index contributed by atoms with van der Waals surface area (Å²) in [5.74, 6) is 0. The Hall–Kier alpha value is -0.380. The third kappa shape index (κ3) is 17.8. The van der Waals surface area contributed by atoms with Crippen molar-refractivity contribution in [2.45, 2.75) is 84.0 Å². The molecular formula is C20H43N3. The molecule has 0 aromatic heterocycles. The van der Waals surface area contributed by atoms with E-state index < -0.39 is 0 Å². The fraction of sp³-hybridized carbons (Fsp3) is 0.900. The van der Waals surface area contributed by atoms with Crippen LogP contribution in [0.5, 0.6) is 0 Å². The van der Waals surface area contributed by atoms with Crippen LogP contribution in [-0.2, 0) is 0 Å². The zero-order valence-electron chi connectivity index (χ0n) is 15.8. The Balaban J connectivity index is 3.23. The standard InChI is InChI=1S/C20H43N3/c1-2-3-4-5-6-7-8-9-10-11-12-13-14-15-18-23(19-16-21)20-17-22/h6-7H,2-5,8-22H2,1H3/b7-6+. The van der Waals surface area contributed by atoms with Gasteiger partial charge in [-0.25, -0.2) is 0 Å². The molecule has 23 heavy (non-hydrogen) atoms. The van der Waals surface area contributed by atoms with E-state index in [9.17, 15) is 0 Å². The van der Waals surface area contributed by atoms with Crippen molar-refractivity contribution in [2.24, 2.45) is 11.5 Å². The van der Waals surface area contributed by atoms with Crippen molar-refractivity contribution in [1.82, 2.24) is 4.90 Å². The molecule has 138 valence electrons. The molecule has 0 saturated carbocycles. The molecule has 0 heterocycles. The van der Waals surface area contributed by atoms with Crippen molar-refractivity contribution < 1.29 is 0 Å². The Morgan fingerprint density at radius 1 is 0.609 bits per heavy atom. The Labute approximate surface area is 145 Å². The molecule has 3 nitrogen and oxygen atoms in total. The summed E-state index contributed by atoms with van der Waals surface area (Å²) in [6.07, 6.45) is 21.0. The minimum Gasteiger partial charge on any atom is -0.329 e. The number of hydrogen-bond donors (Lipinski definition) is 2.